The molecule has 0 aliphatic rings. The third-order valence-corrected chi connectivity index (χ3v) is 4.86. The smallest absolute Gasteiger partial charge is 0.257 e. The Hall–Kier alpha value is -3.19. The van der Waals surface area contributed by atoms with E-state index in [9.17, 15) is 9.59 Å². The van der Waals surface area contributed by atoms with Gasteiger partial charge in [0.25, 0.3) is 11.8 Å². The van der Waals surface area contributed by atoms with Crippen LogP contribution in [0.25, 0.3) is 11.1 Å². The number of nitrogens with one attached hydrogen (secondary N) is 1. The van der Waals surface area contributed by atoms with Gasteiger partial charge in [0.15, 0.2) is 0 Å². The molecule has 0 saturated carbocycles. The van der Waals surface area contributed by atoms with Crippen LogP contribution in [-0.2, 0) is 7.05 Å². The fourth-order valence-electron chi connectivity index (χ4n) is 2.94. The van der Waals surface area contributed by atoms with Crippen LogP contribution in [-0.4, -0.2) is 44.6 Å². The van der Waals surface area contributed by atoms with Crippen molar-refractivity contribution in [2.75, 3.05) is 18.4 Å². The molecule has 3 aromatic rings. The van der Waals surface area contributed by atoms with Gasteiger partial charge in [0, 0.05) is 55.5 Å². The highest BCUT2D eigenvalue weighted by Gasteiger charge is 2.17. The zero-order valence-electron chi connectivity index (χ0n) is 16.5. The van der Waals surface area contributed by atoms with E-state index >= 15 is 0 Å². The minimum Gasteiger partial charge on any atom is -0.339 e. The number of aryl methyl sites for hydroxylation is 1. The first-order valence-electron chi connectivity index (χ1n) is 9.27. The van der Waals surface area contributed by atoms with Crippen LogP contribution in [0.15, 0.2) is 49.1 Å². The van der Waals surface area contributed by atoms with Gasteiger partial charge in [0.05, 0.1) is 22.3 Å². The van der Waals surface area contributed by atoms with E-state index in [2.05, 4.69) is 15.4 Å². The van der Waals surface area contributed by atoms with Crippen LogP contribution in [0.3, 0.4) is 0 Å². The topological polar surface area (TPSA) is 80.1 Å². The second kappa shape index (κ2) is 8.87. The number of rotatable bonds is 6. The Kier molecular flexibility index (Phi) is 6.29. The first-order valence-corrected chi connectivity index (χ1v) is 9.65. The summed E-state index contributed by atoms with van der Waals surface area (Å²) in [6.07, 6.45) is 6.74. The summed E-state index contributed by atoms with van der Waals surface area (Å²) >= 11 is 6.30. The van der Waals surface area contributed by atoms with E-state index in [4.69, 9.17) is 11.6 Å². The van der Waals surface area contributed by atoms with Crippen LogP contribution in [0.2, 0.25) is 5.02 Å². The first-order chi connectivity index (χ1) is 13.9. The zero-order chi connectivity index (χ0) is 21.0. The maximum absolute atomic E-state index is 12.6. The molecule has 3 rings (SSSR count). The molecular weight excluding hydrogens is 390 g/mol. The molecule has 0 atom stereocenters. The van der Waals surface area contributed by atoms with Gasteiger partial charge in [-0.1, -0.05) is 11.6 Å². The lowest BCUT2D eigenvalue weighted by atomic mass is 10.1. The van der Waals surface area contributed by atoms with Gasteiger partial charge in [0.2, 0.25) is 0 Å². The van der Waals surface area contributed by atoms with E-state index in [1.54, 1.807) is 46.2 Å². The number of hydrogen-bond acceptors (Lipinski definition) is 4. The fraction of sp³-hybridized carbons (Fsp3) is 0.238. The van der Waals surface area contributed by atoms with Gasteiger partial charge in [-0.3, -0.25) is 19.3 Å². The molecule has 1 aromatic carbocycles. The van der Waals surface area contributed by atoms with Gasteiger partial charge < -0.3 is 10.2 Å². The van der Waals surface area contributed by atoms with Crippen molar-refractivity contribution in [2.24, 2.45) is 7.05 Å². The number of halogens is 1. The number of carbonyl (C=O) groups excluding carboxylic acids is 2. The van der Waals surface area contributed by atoms with Gasteiger partial charge in [-0.2, -0.15) is 5.10 Å². The monoisotopic (exact) mass is 411 g/mol. The van der Waals surface area contributed by atoms with Crippen LogP contribution >= 0.6 is 11.6 Å². The molecule has 7 nitrogen and oxygen atoms in total. The molecule has 0 radical (unpaired) electrons. The van der Waals surface area contributed by atoms with Crippen LogP contribution < -0.4 is 5.32 Å². The molecule has 0 bridgehead atoms. The van der Waals surface area contributed by atoms with Crippen molar-refractivity contribution in [3.63, 3.8) is 0 Å². The molecule has 1 N–H and O–H groups in total. The van der Waals surface area contributed by atoms with E-state index in [1.165, 1.54) is 6.20 Å². The van der Waals surface area contributed by atoms with Gasteiger partial charge in [-0.25, -0.2) is 0 Å². The van der Waals surface area contributed by atoms with E-state index in [0.29, 0.717) is 34.9 Å². The Morgan fingerprint density at radius 3 is 2.48 bits per heavy atom. The van der Waals surface area contributed by atoms with Crippen LogP contribution in [0.5, 0.6) is 0 Å². The van der Waals surface area contributed by atoms with E-state index in [0.717, 1.165) is 11.1 Å². The van der Waals surface area contributed by atoms with Crippen molar-refractivity contribution < 1.29 is 9.59 Å². The molecule has 0 unspecified atom stereocenters. The fourth-order valence-corrected chi connectivity index (χ4v) is 3.20. The number of carbonyl (C=O) groups is 2. The second-order valence-electron chi connectivity index (χ2n) is 6.49. The number of benzene rings is 1. The molecule has 2 heterocycles. The molecule has 0 aliphatic heterocycles. The molecule has 0 fully saturated rings. The predicted octanol–water partition coefficient (Wildman–Crippen LogP) is 3.87. The van der Waals surface area contributed by atoms with Crippen LogP contribution in [0, 0.1) is 0 Å². The lowest BCUT2D eigenvalue weighted by molar-refractivity contribution is 0.0773. The number of anilines is 1. The Morgan fingerprint density at radius 1 is 1.10 bits per heavy atom. The normalized spacial score (nSPS) is 10.6. The molecule has 0 spiro atoms. The molecule has 0 saturated heterocycles. The number of aromatic nitrogens is 3. The minimum atomic E-state index is -0.317. The highest BCUT2D eigenvalue weighted by molar-refractivity contribution is 6.34. The Balaban J connectivity index is 1.77. The quantitative estimate of drug-likeness (QED) is 0.667. The Labute approximate surface area is 174 Å². The molecule has 2 amide bonds. The van der Waals surface area contributed by atoms with Crippen molar-refractivity contribution in [3.05, 3.63) is 65.2 Å². The van der Waals surface area contributed by atoms with Gasteiger partial charge in [-0.05, 0) is 38.1 Å². The lowest BCUT2D eigenvalue weighted by Gasteiger charge is -2.19. The minimum absolute atomic E-state index is 0.133. The highest BCUT2D eigenvalue weighted by atomic mass is 35.5. The lowest BCUT2D eigenvalue weighted by Crippen LogP contribution is -2.30. The highest BCUT2D eigenvalue weighted by Crippen LogP contribution is 2.24. The molecule has 29 heavy (non-hydrogen) atoms. The van der Waals surface area contributed by atoms with Crippen LogP contribution in [0.4, 0.5) is 5.69 Å². The van der Waals surface area contributed by atoms with Crippen LogP contribution in [0.1, 0.15) is 34.6 Å². The summed E-state index contributed by atoms with van der Waals surface area (Å²) < 4.78 is 1.69. The molecule has 8 heteroatoms. The van der Waals surface area contributed by atoms with Crippen molar-refractivity contribution in [1.29, 1.82) is 0 Å². The van der Waals surface area contributed by atoms with Crippen molar-refractivity contribution in [3.8, 4) is 11.1 Å². The largest absolute Gasteiger partial charge is 0.339 e. The summed E-state index contributed by atoms with van der Waals surface area (Å²) in [4.78, 5) is 31.0. The van der Waals surface area contributed by atoms with Gasteiger partial charge in [0.1, 0.15) is 0 Å². The standard InChI is InChI=1S/C21H22ClN5O2/c1-4-27(5-2)21(29)18-7-6-17(9-19(18)22)25-20(28)15-8-14(10-23-11-15)16-12-24-26(3)13-16/h6-13H,4-5H2,1-3H3,(H,25,28). The van der Waals surface area contributed by atoms with Gasteiger partial charge >= 0.3 is 0 Å². The van der Waals surface area contributed by atoms with E-state index < -0.39 is 0 Å². The van der Waals surface area contributed by atoms with Crippen molar-refractivity contribution in [1.82, 2.24) is 19.7 Å². The number of amides is 2. The summed E-state index contributed by atoms with van der Waals surface area (Å²) in [6, 6.07) is 6.62. The summed E-state index contributed by atoms with van der Waals surface area (Å²) in [5, 5.41) is 7.23. The maximum Gasteiger partial charge on any atom is 0.257 e. The third-order valence-electron chi connectivity index (χ3n) is 4.55. The predicted molar refractivity (Wildman–Crippen MR) is 113 cm³/mol. The van der Waals surface area contributed by atoms with E-state index in [1.807, 2.05) is 27.1 Å². The first kappa shape index (κ1) is 20.5. The van der Waals surface area contributed by atoms with Gasteiger partial charge in [-0.15, -0.1) is 0 Å². The second-order valence-corrected chi connectivity index (χ2v) is 6.90. The Morgan fingerprint density at radius 2 is 1.86 bits per heavy atom. The summed E-state index contributed by atoms with van der Waals surface area (Å²) in [5.41, 5.74) is 2.99. The maximum atomic E-state index is 12.6. The molecule has 2 aromatic heterocycles. The third kappa shape index (κ3) is 4.63. The molecule has 0 aliphatic carbocycles. The zero-order valence-corrected chi connectivity index (χ0v) is 17.3. The average Bonchev–Trinajstić information content (AvgIpc) is 3.15. The Bertz CT molecular complexity index is 1040. The molecule has 150 valence electrons. The summed E-state index contributed by atoms with van der Waals surface area (Å²) in [7, 11) is 1.83. The van der Waals surface area contributed by atoms with Crippen molar-refractivity contribution in [2.45, 2.75) is 13.8 Å². The SMILES string of the molecule is CCN(CC)C(=O)c1ccc(NC(=O)c2cncc(-c3cnn(C)c3)c2)cc1Cl. The van der Waals surface area contributed by atoms with E-state index in [-0.39, 0.29) is 11.8 Å². The van der Waals surface area contributed by atoms with Crippen molar-refractivity contribution >= 4 is 29.1 Å². The number of nitrogens with zero attached hydrogens (tertiary/aromatic N) is 4. The summed E-state index contributed by atoms with van der Waals surface area (Å²) in [5.74, 6) is -0.451. The number of hydrogen-bond donors (Lipinski definition) is 1. The number of pyridine rings is 1. The average molecular weight is 412 g/mol. The summed E-state index contributed by atoms with van der Waals surface area (Å²) in [6.45, 7) is 5.03. The molecular formula is C21H22ClN5O2.